The van der Waals surface area contributed by atoms with Crippen molar-refractivity contribution in [1.29, 1.82) is 0 Å². The fourth-order valence-corrected chi connectivity index (χ4v) is 3.46. The SMILES string of the molecule is O=C(Oc1ccccc1/C=N/N=C1\SCC(=O)N1c1cccc(F)c1)C1CC1. The zero-order chi connectivity index (χ0) is 19.5. The molecule has 1 saturated heterocycles. The van der Waals surface area contributed by atoms with Crippen LogP contribution in [-0.2, 0) is 9.59 Å². The lowest BCUT2D eigenvalue weighted by Gasteiger charge is -2.14. The molecule has 8 heteroatoms. The summed E-state index contributed by atoms with van der Waals surface area (Å²) in [6.07, 6.45) is 3.20. The second-order valence-electron chi connectivity index (χ2n) is 6.36. The van der Waals surface area contributed by atoms with Crippen molar-refractivity contribution in [3.05, 3.63) is 59.9 Å². The van der Waals surface area contributed by atoms with E-state index in [2.05, 4.69) is 10.2 Å². The first kappa shape index (κ1) is 18.4. The lowest BCUT2D eigenvalue weighted by molar-refractivity contribution is -0.135. The summed E-state index contributed by atoms with van der Waals surface area (Å²) in [5, 5.41) is 8.52. The van der Waals surface area contributed by atoms with Crippen molar-refractivity contribution in [2.75, 3.05) is 10.7 Å². The van der Waals surface area contributed by atoms with Gasteiger partial charge < -0.3 is 4.74 Å². The van der Waals surface area contributed by atoms with Gasteiger partial charge in [0.15, 0.2) is 5.17 Å². The van der Waals surface area contributed by atoms with E-state index in [1.54, 1.807) is 30.3 Å². The minimum Gasteiger partial charge on any atom is -0.426 e. The Morgan fingerprint density at radius 2 is 2.04 bits per heavy atom. The van der Waals surface area contributed by atoms with Gasteiger partial charge in [-0.15, -0.1) is 5.10 Å². The number of amides is 1. The van der Waals surface area contributed by atoms with Crippen LogP contribution in [0.3, 0.4) is 0 Å². The van der Waals surface area contributed by atoms with Gasteiger partial charge in [0, 0.05) is 5.56 Å². The number of carbonyl (C=O) groups excluding carboxylic acids is 2. The van der Waals surface area contributed by atoms with Crippen molar-refractivity contribution < 1.29 is 18.7 Å². The average molecular weight is 397 g/mol. The number of thioether (sulfide) groups is 1. The van der Waals surface area contributed by atoms with Crippen molar-refractivity contribution in [3.63, 3.8) is 0 Å². The highest BCUT2D eigenvalue weighted by atomic mass is 32.2. The molecule has 0 spiro atoms. The number of ether oxygens (including phenoxy) is 1. The van der Waals surface area contributed by atoms with Crippen LogP contribution in [0, 0.1) is 11.7 Å². The van der Waals surface area contributed by atoms with Gasteiger partial charge in [0.25, 0.3) is 0 Å². The molecular formula is C20H16FN3O3S. The number of hydrogen-bond acceptors (Lipinski definition) is 6. The number of amidine groups is 1. The molecule has 1 aliphatic heterocycles. The Hall–Kier alpha value is -3.00. The van der Waals surface area contributed by atoms with E-state index in [1.807, 2.05) is 0 Å². The molecule has 0 atom stereocenters. The van der Waals surface area contributed by atoms with Crippen molar-refractivity contribution in [1.82, 2.24) is 0 Å². The lowest BCUT2D eigenvalue weighted by atomic mass is 10.2. The zero-order valence-corrected chi connectivity index (χ0v) is 15.6. The largest absolute Gasteiger partial charge is 0.426 e. The van der Waals surface area contributed by atoms with Crippen LogP contribution >= 0.6 is 11.8 Å². The Labute approximate surface area is 165 Å². The van der Waals surface area contributed by atoms with Gasteiger partial charge in [-0.25, -0.2) is 4.39 Å². The van der Waals surface area contributed by atoms with Crippen LogP contribution in [0.4, 0.5) is 10.1 Å². The normalized spacial score (nSPS) is 18.2. The summed E-state index contributed by atoms with van der Waals surface area (Å²) >= 11 is 1.23. The molecule has 1 heterocycles. The third-order valence-electron chi connectivity index (χ3n) is 4.21. The number of halogens is 1. The number of nitrogens with zero attached hydrogens (tertiary/aromatic N) is 3. The first-order valence-electron chi connectivity index (χ1n) is 8.75. The van der Waals surface area contributed by atoms with E-state index < -0.39 is 5.82 Å². The van der Waals surface area contributed by atoms with Crippen LogP contribution in [0.25, 0.3) is 0 Å². The number of carbonyl (C=O) groups is 2. The molecule has 0 unspecified atom stereocenters. The minimum absolute atomic E-state index is 0.00837. The second-order valence-corrected chi connectivity index (χ2v) is 7.30. The zero-order valence-electron chi connectivity index (χ0n) is 14.7. The highest BCUT2D eigenvalue weighted by molar-refractivity contribution is 8.15. The smallest absolute Gasteiger partial charge is 0.314 e. The molecule has 28 heavy (non-hydrogen) atoms. The monoisotopic (exact) mass is 397 g/mol. The van der Waals surface area contributed by atoms with Crippen molar-refractivity contribution in [2.45, 2.75) is 12.8 Å². The summed E-state index contributed by atoms with van der Waals surface area (Å²) in [5.41, 5.74) is 1.01. The fraction of sp³-hybridized carbons (Fsp3) is 0.200. The summed E-state index contributed by atoms with van der Waals surface area (Å²) < 4.78 is 18.9. The van der Waals surface area contributed by atoms with E-state index in [9.17, 15) is 14.0 Å². The van der Waals surface area contributed by atoms with E-state index in [1.165, 1.54) is 41.1 Å². The van der Waals surface area contributed by atoms with Gasteiger partial charge in [-0.1, -0.05) is 30.0 Å². The van der Waals surface area contributed by atoms with Crippen molar-refractivity contribution in [2.24, 2.45) is 16.1 Å². The molecule has 2 fully saturated rings. The molecule has 1 saturated carbocycles. The average Bonchev–Trinajstić information content (AvgIpc) is 3.47. The van der Waals surface area contributed by atoms with E-state index in [-0.39, 0.29) is 23.5 Å². The Morgan fingerprint density at radius 1 is 1.21 bits per heavy atom. The number of hydrogen-bond donors (Lipinski definition) is 0. The maximum atomic E-state index is 13.5. The number of esters is 1. The maximum absolute atomic E-state index is 13.5. The third-order valence-corrected chi connectivity index (χ3v) is 5.13. The molecule has 6 nitrogen and oxygen atoms in total. The summed E-state index contributed by atoms with van der Waals surface area (Å²) in [6, 6.07) is 12.8. The predicted molar refractivity (Wildman–Crippen MR) is 106 cm³/mol. The number of anilines is 1. The Bertz CT molecular complexity index is 988. The number of rotatable bonds is 5. The molecule has 0 N–H and O–H groups in total. The van der Waals surface area contributed by atoms with Gasteiger partial charge in [-0.3, -0.25) is 14.5 Å². The van der Waals surface area contributed by atoms with Gasteiger partial charge in [0.1, 0.15) is 11.6 Å². The maximum Gasteiger partial charge on any atom is 0.314 e. The van der Waals surface area contributed by atoms with E-state index in [0.29, 0.717) is 22.2 Å². The first-order chi connectivity index (χ1) is 13.6. The third kappa shape index (κ3) is 4.12. The van der Waals surface area contributed by atoms with E-state index in [0.717, 1.165) is 12.8 Å². The quantitative estimate of drug-likeness (QED) is 0.334. The topological polar surface area (TPSA) is 71.3 Å². The van der Waals surface area contributed by atoms with Crippen LogP contribution in [0.1, 0.15) is 18.4 Å². The Kier molecular flexibility index (Phi) is 5.21. The summed E-state index contributed by atoms with van der Waals surface area (Å²) in [5.74, 6) is -0.243. The molecular weight excluding hydrogens is 381 g/mol. The van der Waals surface area contributed by atoms with Crippen LogP contribution < -0.4 is 9.64 Å². The highest BCUT2D eigenvalue weighted by Gasteiger charge is 2.32. The van der Waals surface area contributed by atoms with Gasteiger partial charge in [0.2, 0.25) is 5.91 Å². The van der Waals surface area contributed by atoms with Crippen LogP contribution in [0.15, 0.2) is 58.7 Å². The van der Waals surface area contributed by atoms with E-state index >= 15 is 0 Å². The predicted octanol–water partition coefficient (Wildman–Crippen LogP) is 3.61. The van der Waals surface area contributed by atoms with Gasteiger partial charge in [-0.2, -0.15) is 5.10 Å². The Morgan fingerprint density at radius 3 is 2.82 bits per heavy atom. The van der Waals surface area contributed by atoms with Crippen LogP contribution in [0.5, 0.6) is 5.75 Å². The van der Waals surface area contributed by atoms with Crippen molar-refractivity contribution >= 4 is 40.7 Å². The number of benzene rings is 2. The number of para-hydroxylation sites is 1. The van der Waals surface area contributed by atoms with Crippen LogP contribution in [-0.4, -0.2) is 29.0 Å². The minimum atomic E-state index is -0.434. The lowest BCUT2D eigenvalue weighted by Crippen LogP contribution is -2.29. The first-order valence-corrected chi connectivity index (χ1v) is 9.73. The van der Waals surface area contributed by atoms with Crippen LogP contribution in [0.2, 0.25) is 0 Å². The van der Waals surface area contributed by atoms with Gasteiger partial charge >= 0.3 is 5.97 Å². The van der Waals surface area contributed by atoms with Gasteiger partial charge in [-0.05, 0) is 43.2 Å². The molecule has 142 valence electrons. The fourth-order valence-electron chi connectivity index (χ4n) is 2.64. The Balaban J connectivity index is 1.54. The standard InChI is InChI=1S/C20H16FN3O3S/c21-15-5-3-6-16(10-15)24-18(25)12-28-20(24)23-22-11-14-4-1-2-7-17(14)27-19(26)13-8-9-13/h1-7,10-11,13H,8-9,12H2/b22-11+,23-20-. The molecule has 2 aromatic carbocycles. The highest BCUT2D eigenvalue weighted by Crippen LogP contribution is 2.31. The molecule has 1 aliphatic carbocycles. The second kappa shape index (κ2) is 7.93. The molecule has 0 aromatic heterocycles. The summed E-state index contributed by atoms with van der Waals surface area (Å²) in [4.78, 5) is 25.4. The molecule has 4 rings (SSSR count). The molecule has 0 bridgehead atoms. The molecule has 2 aromatic rings. The summed E-state index contributed by atoms with van der Waals surface area (Å²) in [7, 11) is 0. The van der Waals surface area contributed by atoms with Gasteiger partial charge in [0.05, 0.1) is 23.6 Å². The molecule has 0 radical (unpaired) electrons. The van der Waals surface area contributed by atoms with Crippen molar-refractivity contribution in [3.8, 4) is 5.75 Å². The molecule has 2 aliphatic rings. The molecule has 1 amide bonds. The summed E-state index contributed by atoms with van der Waals surface area (Å²) in [6.45, 7) is 0. The van der Waals surface area contributed by atoms with E-state index in [4.69, 9.17) is 4.74 Å².